The normalized spacial score (nSPS) is 10.8. The zero-order chi connectivity index (χ0) is 18.4. The van der Waals surface area contributed by atoms with Gasteiger partial charge in [0.25, 0.3) is 5.91 Å². The Hall–Kier alpha value is -3.05. The Morgan fingerprint density at radius 3 is 2.69 bits per heavy atom. The summed E-state index contributed by atoms with van der Waals surface area (Å²) in [6.45, 7) is 2.07. The van der Waals surface area contributed by atoms with Crippen LogP contribution in [0.15, 0.2) is 60.7 Å². The Bertz CT molecular complexity index is 993. The highest BCUT2D eigenvalue weighted by molar-refractivity contribution is 7.71. The second kappa shape index (κ2) is 8.36. The molecule has 0 spiro atoms. The Balaban J connectivity index is 1.81. The maximum absolute atomic E-state index is 12.5. The number of carbonyl (C=O) groups is 1. The number of carbonyl (C=O) groups excluding carboxylic acids is 1. The largest absolute Gasteiger partial charge is 0.331 e. The maximum atomic E-state index is 12.5. The van der Waals surface area contributed by atoms with Gasteiger partial charge in [-0.25, -0.2) is 4.98 Å². The molecular formula is C21H19N3OS. The highest BCUT2D eigenvalue weighted by Gasteiger charge is 2.09. The van der Waals surface area contributed by atoms with Gasteiger partial charge in [0.1, 0.15) is 5.69 Å². The second-order valence-corrected chi connectivity index (χ2v) is 6.17. The first-order valence-electron chi connectivity index (χ1n) is 8.39. The predicted octanol–water partition coefficient (Wildman–Crippen LogP) is 5.12. The van der Waals surface area contributed by atoms with Crippen molar-refractivity contribution in [2.24, 2.45) is 0 Å². The molecule has 0 aliphatic rings. The van der Waals surface area contributed by atoms with Gasteiger partial charge in [-0.15, -0.1) is 0 Å². The molecule has 1 heterocycles. The molecule has 3 rings (SSSR count). The average Bonchev–Trinajstić information content (AvgIpc) is 2.67. The van der Waals surface area contributed by atoms with Gasteiger partial charge < -0.3 is 10.3 Å². The van der Waals surface area contributed by atoms with E-state index in [0.29, 0.717) is 0 Å². The number of benzene rings is 2. The molecule has 130 valence electrons. The molecule has 2 N–H and O–H groups in total. The fraction of sp³-hybridized carbons (Fsp3) is 0.0952. The summed E-state index contributed by atoms with van der Waals surface area (Å²) < 4.78 is 0.271. The number of aryl methyl sites for hydroxylation is 1. The van der Waals surface area contributed by atoms with Crippen molar-refractivity contribution in [3.05, 3.63) is 87.9 Å². The van der Waals surface area contributed by atoms with Crippen LogP contribution >= 0.6 is 12.2 Å². The molecule has 1 aromatic heterocycles. The highest BCUT2D eigenvalue weighted by Crippen LogP contribution is 2.13. The van der Waals surface area contributed by atoms with Gasteiger partial charge in [0.2, 0.25) is 0 Å². The molecule has 2 aromatic carbocycles. The van der Waals surface area contributed by atoms with E-state index in [1.54, 1.807) is 6.07 Å². The topological polar surface area (TPSA) is 57.8 Å². The van der Waals surface area contributed by atoms with E-state index in [0.717, 1.165) is 28.9 Å². The van der Waals surface area contributed by atoms with Gasteiger partial charge >= 0.3 is 0 Å². The Morgan fingerprint density at radius 2 is 1.92 bits per heavy atom. The predicted molar refractivity (Wildman–Crippen MR) is 109 cm³/mol. The number of aromatic amines is 1. The van der Waals surface area contributed by atoms with E-state index in [2.05, 4.69) is 22.2 Å². The summed E-state index contributed by atoms with van der Waals surface area (Å²) in [5.41, 5.74) is 3.97. The fourth-order valence-corrected chi connectivity index (χ4v) is 2.71. The third kappa shape index (κ3) is 4.74. The van der Waals surface area contributed by atoms with Crippen LogP contribution in [0.1, 0.15) is 34.2 Å². The quantitative estimate of drug-likeness (QED) is 0.620. The summed E-state index contributed by atoms with van der Waals surface area (Å²) in [6, 6.07) is 19.4. The van der Waals surface area contributed by atoms with E-state index in [4.69, 9.17) is 12.2 Å². The van der Waals surface area contributed by atoms with E-state index in [1.165, 1.54) is 0 Å². The third-order valence-electron chi connectivity index (χ3n) is 3.85. The molecule has 26 heavy (non-hydrogen) atoms. The number of rotatable bonds is 5. The van der Waals surface area contributed by atoms with E-state index in [1.807, 2.05) is 66.7 Å². The monoisotopic (exact) mass is 361 g/mol. The number of amides is 1. The number of hydrogen-bond acceptors (Lipinski definition) is 3. The smallest absolute Gasteiger partial charge is 0.274 e. The number of H-pyrrole nitrogens is 1. The molecule has 1 amide bonds. The Labute approximate surface area is 157 Å². The van der Waals surface area contributed by atoms with E-state index in [-0.39, 0.29) is 16.4 Å². The highest BCUT2D eigenvalue weighted by atomic mass is 32.1. The standard InChI is InChI=1S/C21H19N3OS/c1-2-15-9-6-10-17(13-15)22-20(25)19-14-18(23-21(26)24-19)12-11-16-7-4-3-5-8-16/h3-14H,2H2,1H3,(H,22,25)(H,23,24,26)/b12-11+. The molecule has 4 nitrogen and oxygen atoms in total. The molecule has 0 unspecified atom stereocenters. The van der Waals surface area contributed by atoms with Gasteiger partial charge in [-0.3, -0.25) is 4.79 Å². The van der Waals surface area contributed by atoms with Crippen molar-refractivity contribution in [2.75, 3.05) is 5.32 Å². The van der Waals surface area contributed by atoms with E-state index < -0.39 is 0 Å². The van der Waals surface area contributed by atoms with Crippen molar-refractivity contribution in [2.45, 2.75) is 13.3 Å². The molecule has 3 aromatic rings. The minimum Gasteiger partial charge on any atom is -0.331 e. The van der Waals surface area contributed by atoms with Gasteiger partial charge in [-0.2, -0.15) is 0 Å². The van der Waals surface area contributed by atoms with Gasteiger partial charge in [0, 0.05) is 11.4 Å². The summed E-state index contributed by atoms with van der Waals surface area (Å²) in [6.07, 6.45) is 4.74. The molecule has 0 aliphatic heterocycles. The van der Waals surface area contributed by atoms with E-state index >= 15 is 0 Å². The van der Waals surface area contributed by atoms with Crippen LogP contribution < -0.4 is 5.32 Å². The molecule has 0 aliphatic carbocycles. The Morgan fingerprint density at radius 1 is 1.12 bits per heavy atom. The van der Waals surface area contributed by atoms with Gasteiger partial charge in [0.05, 0.1) is 0 Å². The molecule has 0 atom stereocenters. The Kier molecular flexibility index (Phi) is 5.71. The minimum atomic E-state index is -0.285. The number of nitrogens with one attached hydrogen (secondary N) is 2. The first-order chi connectivity index (χ1) is 12.6. The molecule has 0 saturated carbocycles. The molecule has 0 bridgehead atoms. The first-order valence-corrected chi connectivity index (χ1v) is 8.79. The summed E-state index contributed by atoms with van der Waals surface area (Å²) >= 11 is 5.16. The molecule has 5 heteroatoms. The lowest BCUT2D eigenvalue weighted by Gasteiger charge is -2.07. The lowest BCUT2D eigenvalue weighted by Crippen LogP contribution is -2.14. The van der Waals surface area contributed by atoms with Crippen molar-refractivity contribution >= 4 is 36.0 Å². The summed E-state index contributed by atoms with van der Waals surface area (Å²) in [4.78, 5) is 19.7. The number of hydrogen-bond donors (Lipinski definition) is 2. The van der Waals surface area contributed by atoms with Crippen molar-refractivity contribution < 1.29 is 4.79 Å². The van der Waals surface area contributed by atoms with Crippen LogP contribution in [-0.4, -0.2) is 15.9 Å². The van der Waals surface area contributed by atoms with Crippen molar-refractivity contribution in [3.8, 4) is 0 Å². The molecule has 0 saturated heterocycles. The van der Waals surface area contributed by atoms with E-state index in [9.17, 15) is 4.79 Å². The minimum absolute atomic E-state index is 0.271. The summed E-state index contributed by atoms with van der Waals surface area (Å²) in [7, 11) is 0. The number of nitrogens with zero attached hydrogens (tertiary/aromatic N) is 1. The van der Waals surface area contributed by atoms with Crippen molar-refractivity contribution in [3.63, 3.8) is 0 Å². The number of aromatic nitrogens is 2. The second-order valence-electron chi connectivity index (χ2n) is 5.78. The zero-order valence-corrected chi connectivity index (χ0v) is 15.2. The zero-order valence-electron chi connectivity index (χ0n) is 14.4. The molecule has 0 fully saturated rings. The third-order valence-corrected chi connectivity index (χ3v) is 4.04. The van der Waals surface area contributed by atoms with Crippen molar-refractivity contribution in [1.29, 1.82) is 0 Å². The SMILES string of the molecule is CCc1cccc(NC(=O)c2cc(/C=C/c3ccccc3)[nH]c(=S)n2)c1. The lowest BCUT2D eigenvalue weighted by molar-refractivity contribution is 0.102. The van der Waals surface area contributed by atoms with Crippen LogP contribution in [-0.2, 0) is 6.42 Å². The summed E-state index contributed by atoms with van der Waals surface area (Å²) in [5, 5.41) is 2.88. The number of anilines is 1. The molecule has 0 radical (unpaired) electrons. The molecular weight excluding hydrogens is 342 g/mol. The fourth-order valence-electron chi connectivity index (χ4n) is 2.50. The van der Waals surface area contributed by atoms with Gasteiger partial charge in [-0.05, 0) is 54.0 Å². The van der Waals surface area contributed by atoms with Crippen molar-refractivity contribution in [1.82, 2.24) is 9.97 Å². The van der Waals surface area contributed by atoms with Crippen LogP contribution in [0.4, 0.5) is 5.69 Å². The maximum Gasteiger partial charge on any atom is 0.274 e. The lowest BCUT2D eigenvalue weighted by atomic mass is 10.1. The van der Waals surface area contributed by atoms with Crippen LogP contribution in [0, 0.1) is 4.77 Å². The van der Waals surface area contributed by atoms with Crippen LogP contribution in [0.25, 0.3) is 12.2 Å². The first kappa shape index (κ1) is 17.8. The average molecular weight is 361 g/mol. The summed E-state index contributed by atoms with van der Waals surface area (Å²) in [5.74, 6) is -0.285. The van der Waals surface area contributed by atoms with Gasteiger partial charge in [0.15, 0.2) is 4.77 Å². The van der Waals surface area contributed by atoms with Gasteiger partial charge in [-0.1, -0.05) is 55.5 Å². The van der Waals surface area contributed by atoms with Crippen LogP contribution in [0.2, 0.25) is 0 Å². The van der Waals surface area contributed by atoms with Crippen LogP contribution in [0.3, 0.4) is 0 Å². The van der Waals surface area contributed by atoms with Crippen LogP contribution in [0.5, 0.6) is 0 Å².